The first-order valence-electron chi connectivity index (χ1n) is 6.42. The van der Waals surface area contributed by atoms with Crippen LogP contribution >= 0.6 is 0 Å². The normalized spacial score (nSPS) is 14.1. The molecule has 0 amide bonds. The molecule has 5 heteroatoms. The highest BCUT2D eigenvalue weighted by Crippen LogP contribution is 2.17. The number of aliphatic hydroxyl groups is 1. The van der Waals surface area contributed by atoms with Gasteiger partial charge in [-0.25, -0.2) is 12.7 Å². The third-order valence-corrected chi connectivity index (χ3v) is 5.44. The van der Waals surface area contributed by atoms with Crippen LogP contribution in [0.3, 0.4) is 0 Å². The van der Waals surface area contributed by atoms with Crippen molar-refractivity contribution in [1.82, 2.24) is 4.31 Å². The number of sulfonamides is 1. The summed E-state index contributed by atoms with van der Waals surface area (Å²) >= 11 is 0. The zero-order valence-corrected chi connectivity index (χ0v) is 12.8. The topological polar surface area (TPSA) is 57.6 Å². The summed E-state index contributed by atoms with van der Waals surface area (Å²) in [6.45, 7) is 5.90. The van der Waals surface area contributed by atoms with E-state index in [4.69, 9.17) is 5.11 Å². The summed E-state index contributed by atoms with van der Waals surface area (Å²) in [6.07, 6.45) is 0. The SMILES string of the molecule is CC(C)C(C)N(C)S(=O)(=O)Cc1ccc(CO)cc1. The van der Waals surface area contributed by atoms with Gasteiger partial charge in [-0.2, -0.15) is 0 Å². The van der Waals surface area contributed by atoms with Crippen LogP contribution in [0, 0.1) is 5.92 Å². The lowest BCUT2D eigenvalue weighted by Gasteiger charge is -2.27. The number of hydrogen-bond donors (Lipinski definition) is 1. The minimum absolute atomic E-state index is 0.00767. The standard InChI is InChI=1S/C14H23NO3S/c1-11(2)12(3)15(4)19(17,18)10-14-7-5-13(9-16)6-8-14/h5-8,11-12,16H,9-10H2,1-4H3. The molecule has 0 saturated carbocycles. The largest absolute Gasteiger partial charge is 0.392 e. The van der Waals surface area contributed by atoms with Gasteiger partial charge in [0.1, 0.15) is 0 Å². The van der Waals surface area contributed by atoms with Gasteiger partial charge in [-0.15, -0.1) is 0 Å². The van der Waals surface area contributed by atoms with Gasteiger partial charge in [-0.05, 0) is 24.0 Å². The lowest BCUT2D eigenvalue weighted by Crippen LogP contribution is -2.38. The van der Waals surface area contributed by atoms with Crippen LogP contribution in [0.1, 0.15) is 31.9 Å². The van der Waals surface area contributed by atoms with Crippen molar-refractivity contribution in [3.63, 3.8) is 0 Å². The molecule has 0 aliphatic carbocycles. The van der Waals surface area contributed by atoms with Gasteiger partial charge in [-0.1, -0.05) is 38.1 Å². The molecule has 108 valence electrons. The highest BCUT2D eigenvalue weighted by atomic mass is 32.2. The van der Waals surface area contributed by atoms with E-state index in [1.807, 2.05) is 20.8 Å². The third-order valence-electron chi connectivity index (χ3n) is 3.53. The summed E-state index contributed by atoms with van der Waals surface area (Å²) in [5.74, 6) is 0.267. The molecule has 1 unspecified atom stereocenters. The summed E-state index contributed by atoms with van der Waals surface area (Å²) in [5, 5.41) is 8.96. The Bertz CT molecular complexity index is 494. The van der Waals surface area contributed by atoms with E-state index in [9.17, 15) is 8.42 Å². The molecule has 0 spiro atoms. The van der Waals surface area contributed by atoms with Gasteiger partial charge >= 0.3 is 0 Å². The molecule has 0 radical (unpaired) electrons. The van der Waals surface area contributed by atoms with Crippen LogP contribution in [0.15, 0.2) is 24.3 Å². The average Bonchev–Trinajstić information content (AvgIpc) is 2.37. The lowest BCUT2D eigenvalue weighted by molar-refractivity contribution is 0.282. The number of hydrogen-bond acceptors (Lipinski definition) is 3. The van der Waals surface area contributed by atoms with Crippen molar-refractivity contribution >= 4 is 10.0 Å². The molecule has 0 bridgehead atoms. The van der Waals surface area contributed by atoms with E-state index in [2.05, 4.69) is 0 Å². The van der Waals surface area contributed by atoms with E-state index in [1.165, 1.54) is 4.31 Å². The van der Waals surface area contributed by atoms with Crippen LogP contribution in [0.25, 0.3) is 0 Å². The van der Waals surface area contributed by atoms with E-state index < -0.39 is 10.0 Å². The second kappa shape index (κ2) is 6.50. The monoisotopic (exact) mass is 285 g/mol. The van der Waals surface area contributed by atoms with Crippen molar-refractivity contribution in [2.45, 2.75) is 39.2 Å². The van der Waals surface area contributed by atoms with Crippen molar-refractivity contribution in [3.8, 4) is 0 Å². The Morgan fingerprint density at radius 3 is 2.00 bits per heavy atom. The molecule has 0 heterocycles. The first-order chi connectivity index (χ1) is 8.77. The van der Waals surface area contributed by atoms with Crippen LogP contribution in [0.2, 0.25) is 0 Å². The molecule has 0 aromatic heterocycles. The molecule has 1 aromatic carbocycles. The smallest absolute Gasteiger partial charge is 0.218 e. The minimum atomic E-state index is -3.31. The molecular formula is C14H23NO3S. The maximum Gasteiger partial charge on any atom is 0.218 e. The quantitative estimate of drug-likeness (QED) is 0.869. The molecule has 19 heavy (non-hydrogen) atoms. The third kappa shape index (κ3) is 4.30. The summed E-state index contributed by atoms with van der Waals surface area (Å²) in [7, 11) is -1.68. The van der Waals surface area contributed by atoms with E-state index >= 15 is 0 Å². The Kier molecular flexibility index (Phi) is 5.52. The second-order valence-electron chi connectivity index (χ2n) is 5.23. The molecule has 0 fully saturated rings. The van der Waals surface area contributed by atoms with Gasteiger partial charge < -0.3 is 5.11 Å². The number of aliphatic hydroxyl groups excluding tert-OH is 1. The fourth-order valence-electron chi connectivity index (χ4n) is 1.73. The molecule has 0 aliphatic rings. The van der Waals surface area contributed by atoms with Gasteiger partial charge in [0.2, 0.25) is 10.0 Å². The zero-order chi connectivity index (χ0) is 14.6. The molecular weight excluding hydrogens is 262 g/mol. The average molecular weight is 285 g/mol. The lowest BCUT2D eigenvalue weighted by atomic mass is 10.1. The first kappa shape index (κ1) is 16.1. The van der Waals surface area contributed by atoms with Crippen molar-refractivity contribution in [3.05, 3.63) is 35.4 Å². The van der Waals surface area contributed by atoms with Gasteiger partial charge in [0.25, 0.3) is 0 Å². The van der Waals surface area contributed by atoms with Gasteiger partial charge in [-0.3, -0.25) is 0 Å². The highest BCUT2D eigenvalue weighted by molar-refractivity contribution is 7.88. The number of nitrogens with zero attached hydrogens (tertiary/aromatic N) is 1. The van der Waals surface area contributed by atoms with E-state index in [1.54, 1.807) is 31.3 Å². The Morgan fingerprint density at radius 1 is 1.11 bits per heavy atom. The molecule has 0 aliphatic heterocycles. The summed E-state index contributed by atoms with van der Waals surface area (Å²) in [4.78, 5) is 0. The molecule has 1 N–H and O–H groups in total. The van der Waals surface area contributed by atoms with Gasteiger partial charge in [0, 0.05) is 13.1 Å². The zero-order valence-electron chi connectivity index (χ0n) is 12.0. The maximum atomic E-state index is 12.3. The molecule has 1 atom stereocenters. The van der Waals surface area contributed by atoms with Gasteiger partial charge in [0.15, 0.2) is 0 Å². The van der Waals surface area contributed by atoms with Crippen LogP contribution in [0.4, 0.5) is 0 Å². The van der Waals surface area contributed by atoms with E-state index in [0.29, 0.717) is 0 Å². The van der Waals surface area contributed by atoms with Crippen molar-refractivity contribution in [2.75, 3.05) is 7.05 Å². The summed E-state index contributed by atoms with van der Waals surface area (Å²) < 4.78 is 26.0. The minimum Gasteiger partial charge on any atom is -0.392 e. The summed E-state index contributed by atoms with van der Waals surface area (Å²) in [6, 6.07) is 6.96. The van der Waals surface area contributed by atoms with E-state index in [0.717, 1.165) is 11.1 Å². The van der Waals surface area contributed by atoms with Crippen LogP contribution < -0.4 is 0 Å². The van der Waals surface area contributed by atoms with Crippen molar-refractivity contribution < 1.29 is 13.5 Å². The van der Waals surface area contributed by atoms with Gasteiger partial charge in [0.05, 0.1) is 12.4 Å². The Hall–Kier alpha value is -0.910. The summed E-state index contributed by atoms with van der Waals surface area (Å²) in [5.41, 5.74) is 1.52. The molecule has 0 saturated heterocycles. The second-order valence-corrected chi connectivity index (χ2v) is 7.26. The number of benzene rings is 1. The Balaban J connectivity index is 2.83. The predicted octanol–water partition coefficient (Wildman–Crippen LogP) is 1.99. The first-order valence-corrected chi connectivity index (χ1v) is 8.03. The fraction of sp³-hybridized carbons (Fsp3) is 0.571. The van der Waals surface area contributed by atoms with Crippen molar-refractivity contribution in [1.29, 1.82) is 0 Å². The molecule has 4 nitrogen and oxygen atoms in total. The van der Waals surface area contributed by atoms with Crippen LogP contribution in [0.5, 0.6) is 0 Å². The fourth-order valence-corrected chi connectivity index (χ4v) is 3.29. The molecule has 1 rings (SSSR count). The van der Waals surface area contributed by atoms with Crippen molar-refractivity contribution in [2.24, 2.45) is 5.92 Å². The van der Waals surface area contributed by atoms with E-state index in [-0.39, 0.29) is 24.3 Å². The van der Waals surface area contributed by atoms with Crippen LogP contribution in [-0.2, 0) is 22.4 Å². The number of rotatable bonds is 6. The molecule has 1 aromatic rings. The highest BCUT2D eigenvalue weighted by Gasteiger charge is 2.25. The predicted molar refractivity (Wildman–Crippen MR) is 77.1 cm³/mol. The van der Waals surface area contributed by atoms with Crippen LogP contribution in [-0.4, -0.2) is 30.9 Å². The Morgan fingerprint density at radius 2 is 1.58 bits per heavy atom. The Labute approximate surface area is 116 Å². The maximum absolute atomic E-state index is 12.3.